The number of ether oxygens (including phenoxy) is 1. The molecule has 1 atom stereocenters. The average Bonchev–Trinajstić information content (AvgIpc) is 2.31. The number of carbonyl (C=O) groups excluding carboxylic acids is 2. The largest absolute Gasteiger partial charge is 0.464 e. The zero-order valence-corrected chi connectivity index (χ0v) is 8.75. The molecule has 1 unspecified atom stereocenters. The van der Waals surface area contributed by atoms with Gasteiger partial charge < -0.3 is 4.74 Å². The van der Waals surface area contributed by atoms with Crippen LogP contribution in [0.1, 0.15) is 17.3 Å². The van der Waals surface area contributed by atoms with Crippen molar-refractivity contribution >= 4 is 11.8 Å². The minimum Gasteiger partial charge on any atom is -0.464 e. The fourth-order valence-electron chi connectivity index (χ4n) is 1.17. The summed E-state index contributed by atoms with van der Waals surface area (Å²) in [5, 5.41) is 8.53. The van der Waals surface area contributed by atoms with E-state index in [0.717, 1.165) is 0 Å². The van der Waals surface area contributed by atoms with Crippen molar-refractivity contribution in [3.05, 3.63) is 35.9 Å². The zero-order chi connectivity index (χ0) is 12.0. The van der Waals surface area contributed by atoms with E-state index in [-0.39, 0.29) is 12.2 Å². The molecule has 0 bridgehead atoms. The minimum atomic E-state index is -1.62. The molecule has 0 heterocycles. The monoisotopic (exact) mass is 224 g/mol. The van der Waals surface area contributed by atoms with Crippen LogP contribution in [0.25, 0.3) is 0 Å². The van der Waals surface area contributed by atoms with E-state index in [9.17, 15) is 9.59 Å². The summed E-state index contributed by atoms with van der Waals surface area (Å²) >= 11 is 0. The molecule has 86 valence electrons. The fourth-order valence-corrected chi connectivity index (χ4v) is 1.17. The number of hydrogen-bond donors (Lipinski definition) is 1. The maximum Gasteiger partial charge on any atom is 0.346 e. The van der Waals surface area contributed by atoms with E-state index in [1.807, 2.05) is 0 Å². The lowest BCUT2D eigenvalue weighted by atomic mass is 10.1. The number of hydrogen-bond acceptors (Lipinski definition) is 5. The first-order chi connectivity index (χ1) is 7.70. The summed E-state index contributed by atoms with van der Waals surface area (Å²) in [7, 11) is 0. The smallest absolute Gasteiger partial charge is 0.346 e. The number of esters is 1. The van der Waals surface area contributed by atoms with Crippen molar-refractivity contribution < 1.29 is 24.5 Å². The lowest BCUT2D eigenvalue weighted by Crippen LogP contribution is -2.34. The Hall–Kier alpha value is -1.72. The molecular weight excluding hydrogens is 212 g/mol. The van der Waals surface area contributed by atoms with Gasteiger partial charge >= 0.3 is 5.97 Å². The van der Waals surface area contributed by atoms with Crippen LogP contribution in [-0.4, -0.2) is 29.7 Å². The standard InChI is InChI=1S/C11H12O5/c1-2-15-11(13)10(16-14)9(12)8-6-4-3-5-7-8/h3-7,10,14H,2H2,1H3. The number of Topliss-reactive ketones (excluding diaryl/α,β-unsaturated/α-hetero) is 1. The molecule has 0 aromatic heterocycles. The first kappa shape index (κ1) is 12.4. The van der Waals surface area contributed by atoms with Crippen LogP contribution < -0.4 is 0 Å². The van der Waals surface area contributed by atoms with Gasteiger partial charge in [-0.2, -0.15) is 0 Å². The number of rotatable bonds is 5. The lowest BCUT2D eigenvalue weighted by molar-refractivity contribution is -0.264. The van der Waals surface area contributed by atoms with E-state index < -0.39 is 17.9 Å². The van der Waals surface area contributed by atoms with Crippen LogP contribution in [0.15, 0.2) is 30.3 Å². The Balaban J connectivity index is 2.82. The van der Waals surface area contributed by atoms with Gasteiger partial charge in [0.1, 0.15) is 0 Å². The van der Waals surface area contributed by atoms with Gasteiger partial charge in [0.2, 0.25) is 5.78 Å². The molecule has 0 aliphatic heterocycles. The van der Waals surface area contributed by atoms with Crippen molar-refractivity contribution in [2.75, 3.05) is 6.61 Å². The molecule has 16 heavy (non-hydrogen) atoms. The van der Waals surface area contributed by atoms with Crippen molar-refractivity contribution in [1.82, 2.24) is 0 Å². The molecule has 0 spiro atoms. The Kier molecular flexibility index (Phi) is 4.63. The summed E-state index contributed by atoms with van der Waals surface area (Å²) in [5.74, 6) is -1.54. The van der Waals surface area contributed by atoms with Crippen molar-refractivity contribution in [3.8, 4) is 0 Å². The summed E-state index contributed by atoms with van der Waals surface area (Å²) in [6, 6.07) is 8.07. The van der Waals surface area contributed by atoms with E-state index in [4.69, 9.17) is 5.26 Å². The molecule has 1 aromatic carbocycles. The van der Waals surface area contributed by atoms with Crippen LogP contribution in [-0.2, 0) is 14.4 Å². The van der Waals surface area contributed by atoms with E-state index in [2.05, 4.69) is 9.62 Å². The minimum absolute atomic E-state index is 0.112. The second-order valence-corrected chi connectivity index (χ2v) is 2.97. The van der Waals surface area contributed by atoms with E-state index in [0.29, 0.717) is 0 Å². The molecule has 1 N–H and O–H groups in total. The van der Waals surface area contributed by atoms with Gasteiger partial charge in [0.25, 0.3) is 6.10 Å². The molecule has 0 aliphatic rings. The molecule has 0 saturated carbocycles. The molecular formula is C11H12O5. The zero-order valence-electron chi connectivity index (χ0n) is 8.75. The molecule has 0 fully saturated rings. The summed E-state index contributed by atoms with van der Waals surface area (Å²) in [5.41, 5.74) is 0.273. The van der Waals surface area contributed by atoms with Crippen molar-refractivity contribution in [2.24, 2.45) is 0 Å². The third-order valence-electron chi connectivity index (χ3n) is 1.90. The highest BCUT2D eigenvalue weighted by Gasteiger charge is 2.30. The highest BCUT2D eigenvalue weighted by Crippen LogP contribution is 2.07. The average molecular weight is 224 g/mol. The van der Waals surface area contributed by atoms with Gasteiger partial charge in [-0.05, 0) is 6.92 Å². The predicted molar refractivity (Wildman–Crippen MR) is 54.9 cm³/mol. The number of ketones is 1. The van der Waals surface area contributed by atoms with E-state index >= 15 is 0 Å². The van der Waals surface area contributed by atoms with Gasteiger partial charge in [-0.15, -0.1) is 0 Å². The molecule has 0 amide bonds. The maximum atomic E-state index is 11.7. The Morgan fingerprint density at radius 3 is 2.44 bits per heavy atom. The summed E-state index contributed by atoms with van der Waals surface area (Å²) in [6.07, 6.45) is -1.62. The molecule has 1 aromatic rings. The molecule has 0 saturated heterocycles. The van der Waals surface area contributed by atoms with Crippen LogP contribution >= 0.6 is 0 Å². The third-order valence-corrected chi connectivity index (χ3v) is 1.90. The molecule has 0 radical (unpaired) electrons. The molecule has 5 heteroatoms. The topological polar surface area (TPSA) is 72.8 Å². The second kappa shape index (κ2) is 5.99. The van der Waals surface area contributed by atoms with Crippen LogP contribution in [0.4, 0.5) is 0 Å². The first-order valence-electron chi connectivity index (χ1n) is 4.76. The van der Waals surface area contributed by atoms with Gasteiger partial charge in [0.05, 0.1) is 6.61 Å². The van der Waals surface area contributed by atoms with Gasteiger partial charge in [0, 0.05) is 5.56 Å². The van der Waals surface area contributed by atoms with Crippen LogP contribution in [0.5, 0.6) is 0 Å². The molecule has 0 aliphatic carbocycles. The van der Waals surface area contributed by atoms with Gasteiger partial charge in [-0.3, -0.25) is 10.1 Å². The van der Waals surface area contributed by atoms with E-state index in [1.54, 1.807) is 25.1 Å². The Labute approximate surface area is 92.5 Å². The van der Waals surface area contributed by atoms with E-state index in [1.165, 1.54) is 12.1 Å². The molecule has 1 rings (SSSR count). The van der Waals surface area contributed by atoms with Gasteiger partial charge in [-0.1, -0.05) is 30.3 Å². The highest BCUT2D eigenvalue weighted by atomic mass is 17.1. The second-order valence-electron chi connectivity index (χ2n) is 2.97. The van der Waals surface area contributed by atoms with Crippen molar-refractivity contribution in [2.45, 2.75) is 13.0 Å². The summed E-state index contributed by atoms with van der Waals surface area (Å²) < 4.78 is 4.59. The fraction of sp³-hybridized carbons (Fsp3) is 0.273. The van der Waals surface area contributed by atoms with Gasteiger partial charge in [0.15, 0.2) is 0 Å². The Morgan fingerprint density at radius 2 is 1.94 bits per heavy atom. The molecule has 5 nitrogen and oxygen atoms in total. The Bertz CT molecular complexity index is 360. The summed E-state index contributed by atoms with van der Waals surface area (Å²) in [4.78, 5) is 26.8. The predicted octanol–water partition coefficient (Wildman–Crippen LogP) is 1.29. The highest BCUT2D eigenvalue weighted by molar-refractivity contribution is 6.11. The van der Waals surface area contributed by atoms with Crippen molar-refractivity contribution in [1.29, 1.82) is 0 Å². The number of carbonyl (C=O) groups is 2. The lowest BCUT2D eigenvalue weighted by Gasteiger charge is -2.10. The first-order valence-corrected chi connectivity index (χ1v) is 4.76. The van der Waals surface area contributed by atoms with Crippen LogP contribution in [0.2, 0.25) is 0 Å². The Morgan fingerprint density at radius 1 is 1.31 bits per heavy atom. The van der Waals surface area contributed by atoms with Crippen LogP contribution in [0.3, 0.4) is 0 Å². The van der Waals surface area contributed by atoms with Crippen molar-refractivity contribution in [3.63, 3.8) is 0 Å². The summed E-state index contributed by atoms with van der Waals surface area (Å²) in [6.45, 7) is 1.71. The van der Waals surface area contributed by atoms with Crippen LogP contribution in [0, 0.1) is 0 Å². The SMILES string of the molecule is CCOC(=O)C(OO)C(=O)c1ccccc1. The normalized spacial score (nSPS) is 11.9. The quantitative estimate of drug-likeness (QED) is 0.268. The maximum absolute atomic E-state index is 11.7. The number of benzene rings is 1. The van der Waals surface area contributed by atoms with Gasteiger partial charge in [-0.25, -0.2) is 9.68 Å². The third kappa shape index (κ3) is 2.88.